The molecule has 0 aliphatic carbocycles. The van der Waals surface area contributed by atoms with E-state index in [0.717, 1.165) is 24.3 Å². The number of anilines is 2. The molecule has 0 atom stereocenters. The number of nitrogens with one attached hydrogen (secondary N) is 1. The van der Waals surface area contributed by atoms with Crippen molar-refractivity contribution < 1.29 is 4.79 Å². The van der Waals surface area contributed by atoms with E-state index in [2.05, 4.69) is 22.3 Å². The summed E-state index contributed by atoms with van der Waals surface area (Å²) >= 11 is 5.51. The molecule has 1 aliphatic heterocycles. The molecule has 2 rings (SSSR count). The fourth-order valence-corrected chi connectivity index (χ4v) is 2.56. The molecular formula is C15H21ClN2O. The van der Waals surface area contributed by atoms with E-state index in [1.807, 2.05) is 13.0 Å². The number of rotatable bonds is 3. The van der Waals surface area contributed by atoms with E-state index in [1.54, 1.807) is 0 Å². The zero-order valence-corrected chi connectivity index (χ0v) is 12.2. The fraction of sp³-hybridized carbons (Fsp3) is 0.533. The van der Waals surface area contributed by atoms with Crippen LogP contribution in [0.5, 0.6) is 0 Å². The average molecular weight is 281 g/mol. The van der Waals surface area contributed by atoms with Gasteiger partial charge < -0.3 is 10.2 Å². The Morgan fingerprint density at radius 3 is 2.53 bits per heavy atom. The number of alkyl halides is 1. The second-order valence-electron chi connectivity index (χ2n) is 5.08. The van der Waals surface area contributed by atoms with Gasteiger partial charge in [0.25, 0.3) is 0 Å². The highest BCUT2D eigenvalue weighted by Gasteiger charge is 2.11. The molecule has 0 aromatic heterocycles. The van der Waals surface area contributed by atoms with Crippen molar-refractivity contribution in [3.05, 3.63) is 23.8 Å². The van der Waals surface area contributed by atoms with Crippen molar-refractivity contribution in [3.63, 3.8) is 0 Å². The van der Waals surface area contributed by atoms with E-state index in [9.17, 15) is 4.79 Å². The summed E-state index contributed by atoms with van der Waals surface area (Å²) in [6, 6.07) is 6.21. The number of nitrogens with zero attached hydrogens (tertiary/aromatic N) is 1. The molecule has 0 unspecified atom stereocenters. The molecule has 1 aromatic carbocycles. The summed E-state index contributed by atoms with van der Waals surface area (Å²) in [7, 11) is 0. The van der Waals surface area contributed by atoms with Gasteiger partial charge in [-0.1, -0.05) is 12.8 Å². The fourth-order valence-electron chi connectivity index (χ4n) is 2.50. The summed E-state index contributed by atoms with van der Waals surface area (Å²) in [6.45, 7) is 4.28. The lowest BCUT2D eigenvalue weighted by atomic mass is 10.1. The predicted molar refractivity (Wildman–Crippen MR) is 81.2 cm³/mol. The molecule has 0 bridgehead atoms. The first-order valence-electron chi connectivity index (χ1n) is 6.92. The van der Waals surface area contributed by atoms with Crippen molar-refractivity contribution in [1.82, 2.24) is 0 Å². The van der Waals surface area contributed by atoms with E-state index in [4.69, 9.17) is 11.6 Å². The molecule has 0 saturated carbocycles. The molecule has 104 valence electrons. The van der Waals surface area contributed by atoms with Gasteiger partial charge in [-0.2, -0.15) is 0 Å². The highest BCUT2D eigenvalue weighted by molar-refractivity contribution is 6.29. The maximum atomic E-state index is 11.3. The highest BCUT2D eigenvalue weighted by atomic mass is 35.5. The topological polar surface area (TPSA) is 32.3 Å². The Bertz CT molecular complexity index is 440. The highest BCUT2D eigenvalue weighted by Crippen LogP contribution is 2.25. The van der Waals surface area contributed by atoms with Crippen LogP contribution >= 0.6 is 11.6 Å². The SMILES string of the molecule is Cc1cc(N2CCCCCC2)ccc1NC(=O)CCl. The molecule has 1 aliphatic rings. The van der Waals surface area contributed by atoms with Gasteiger partial charge in [-0.15, -0.1) is 11.6 Å². The summed E-state index contributed by atoms with van der Waals surface area (Å²) in [5.74, 6) is -0.167. The van der Waals surface area contributed by atoms with Crippen LogP contribution in [0, 0.1) is 6.92 Å². The molecule has 1 N–H and O–H groups in total. The van der Waals surface area contributed by atoms with Crippen molar-refractivity contribution in [2.24, 2.45) is 0 Å². The van der Waals surface area contributed by atoms with Crippen molar-refractivity contribution >= 4 is 28.9 Å². The molecule has 0 spiro atoms. The van der Waals surface area contributed by atoms with Crippen LogP contribution in [0.2, 0.25) is 0 Å². The summed E-state index contributed by atoms with van der Waals surface area (Å²) in [4.78, 5) is 13.7. The number of hydrogen-bond donors (Lipinski definition) is 1. The minimum absolute atomic E-state index is 0.00663. The molecule has 19 heavy (non-hydrogen) atoms. The average Bonchev–Trinajstić information content (AvgIpc) is 2.69. The summed E-state index contributed by atoms with van der Waals surface area (Å²) < 4.78 is 0. The van der Waals surface area contributed by atoms with Crippen LogP contribution in [-0.2, 0) is 4.79 Å². The predicted octanol–water partition coefficient (Wildman–Crippen LogP) is 3.55. The van der Waals surface area contributed by atoms with Gasteiger partial charge in [-0.25, -0.2) is 0 Å². The number of amides is 1. The number of halogens is 1. The Kier molecular flexibility index (Phi) is 5.08. The van der Waals surface area contributed by atoms with E-state index in [-0.39, 0.29) is 11.8 Å². The normalized spacial score (nSPS) is 16.0. The number of aryl methyl sites for hydroxylation is 1. The quantitative estimate of drug-likeness (QED) is 0.859. The lowest BCUT2D eigenvalue weighted by molar-refractivity contribution is -0.113. The third kappa shape index (κ3) is 3.87. The van der Waals surface area contributed by atoms with Gasteiger partial charge >= 0.3 is 0 Å². The number of hydrogen-bond acceptors (Lipinski definition) is 2. The van der Waals surface area contributed by atoms with Crippen LogP contribution in [0.25, 0.3) is 0 Å². The molecule has 4 heteroatoms. The first-order valence-corrected chi connectivity index (χ1v) is 7.45. The lowest BCUT2D eigenvalue weighted by Gasteiger charge is -2.23. The molecule has 1 aromatic rings. The van der Waals surface area contributed by atoms with Gasteiger partial charge in [0.15, 0.2) is 0 Å². The molecule has 1 fully saturated rings. The van der Waals surface area contributed by atoms with E-state index in [1.165, 1.54) is 31.4 Å². The van der Waals surface area contributed by atoms with Gasteiger partial charge in [-0.3, -0.25) is 4.79 Å². The Balaban J connectivity index is 2.11. The van der Waals surface area contributed by atoms with Gasteiger partial charge in [-0.05, 0) is 43.5 Å². The summed E-state index contributed by atoms with van der Waals surface area (Å²) in [6.07, 6.45) is 5.20. The minimum Gasteiger partial charge on any atom is -0.372 e. The van der Waals surface area contributed by atoms with Crippen LogP contribution < -0.4 is 10.2 Å². The number of carbonyl (C=O) groups is 1. The van der Waals surface area contributed by atoms with Gasteiger partial charge in [0.1, 0.15) is 5.88 Å². The first kappa shape index (κ1) is 14.2. The molecular weight excluding hydrogens is 260 g/mol. The zero-order valence-electron chi connectivity index (χ0n) is 11.4. The lowest BCUT2D eigenvalue weighted by Crippen LogP contribution is -2.24. The molecule has 3 nitrogen and oxygen atoms in total. The van der Waals surface area contributed by atoms with Crippen molar-refractivity contribution in [1.29, 1.82) is 0 Å². The van der Waals surface area contributed by atoms with Crippen molar-refractivity contribution in [3.8, 4) is 0 Å². The standard InChI is InChI=1S/C15H21ClN2O/c1-12-10-13(18-8-4-2-3-5-9-18)6-7-14(12)17-15(19)11-16/h6-7,10H,2-5,8-9,11H2,1H3,(H,17,19). The summed E-state index contributed by atoms with van der Waals surface area (Å²) in [5.41, 5.74) is 3.19. The van der Waals surface area contributed by atoms with E-state index < -0.39 is 0 Å². The number of carbonyl (C=O) groups excluding carboxylic acids is 1. The minimum atomic E-state index is -0.160. The second kappa shape index (κ2) is 6.80. The summed E-state index contributed by atoms with van der Waals surface area (Å²) in [5, 5.41) is 2.81. The van der Waals surface area contributed by atoms with Crippen LogP contribution in [0.1, 0.15) is 31.2 Å². The Hall–Kier alpha value is -1.22. The molecule has 0 radical (unpaired) electrons. The molecule has 1 saturated heterocycles. The maximum absolute atomic E-state index is 11.3. The Morgan fingerprint density at radius 2 is 1.95 bits per heavy atom. The second-order valence-corrected chi connectivity index (χ2v) is 5.35. The van der Waals surface area contributed by atoms with Crippen LogP contribution in [0.15, 0.2) is 18.2 Å². The molecule has 1 heterocycles. The van der Waals surface area contributed by atoms with Crippen LogP contribution in [0.4, 0.5) is 11.4 Å². The van der Waals surface area contributed by atoms with Gasteiger partial charge in [0.2, 0.25) is 5.91 Å². The van der Waals surface area contributed by atoms with Gasteiger partial charge in [0.05, 0.1) is 0 Å². The largest absolute Gasteiger partial charge is 0.372 e. The maximum Gasteiger partial charge on any atom is 0.239 e. The number of benzene rings is 1. The third-order valence-electron chi connectivity index (χ3n) is 3.58. The van der Waals surface area contributed by atoms with Gasteiger partial charge in [0, 0.05) is 24.5 Å². The Labute approximate surface area is 119 Å². The Morgan fingerprint density at radius 1 is 1.26 bits per heavy atom. The van der Waals surface area contributed by atoms with Crippen LogP contribution in [-0.4, -0.2) is 24.9 Å². The van der Waals surface area contributed by atoms with E-state index in [0.29, 0.717) is 0 Å². The smallest absolute Gasteiger partial charge is 0.239 e. The van der Waals surface area contributed by atoms with Crippen molar-refractivity contribution in [2.45, 2.75) is 32.6 Å². The zero-order chi connectivity index (χ0) is 13.7. The molecule has 1 amide bonds. The third-order valence-corrected chi connectivity index (χ3v) is 3.82. The van der Waals surface area contributed by atoms with Crippen LogP contribution in [0.3, 0.4) is 0 Å². The monoisotopic (exact) mass is 280 g/mol. The van der Waals surface area contributed by atoms with Crippen molar-refractivity contribution in [2.75, 3.05) is 29.2 Å². The van der Waals surface area contributed by atoms with E-state index >= 15 is 0 Å². The first-order chi connectivity index (χ1) is 9.20.